The van der Waals surface area contributed by atoms with Crippen molar-refractivity contribution < 1.29 is 4.79 Å². The quantitative estimate of drug-likeness (QED) is 0.723. The molecule has 0 saturated heterocycles. The molecule has 0 unspecified atom stereocenters. The van der Waals surface area contributed by atoms with Crippen molar-refractivity contribution in [2.45, 2.75) is 50.4 Å². The number of nitrogens with zero attached hydrogens (tertiary/aromatic N) is 1. The second-order valence-corrected chi connectivity index (χ2v) is 5.12. The molecule has 0 amide bonds. The Bertz CT molecular complexity index is 403. The Morgan fingerprint density at radius 3 is 2.50 bits per heavy atom. The molecule has 0 atom stereocenters. The summed E-state index contributed by atoms with van der Waals surface area (Å²) in [4.78, 5) is 15.7. The molecule has 2 saturated carbocycles. The SMILES string of the molecule is O=Cc1cc(C2CC2)cnc1C1CCCC1. The van der Waals surface area contributed by atoms with Gasteiger partial charge in [0.2, 0.25) is 0 Å². The molecule has 0 aromatic carbocycles. The molecule has 0 radical (unpaired) electrons. The highest BCUT2D eigenvalue weighted by Crippen LogP contribution is 2.41. The Labute approximate surface area is 96.1 Å². The van der Waals surface area contributed by atoms with Crippen LogP contribution >= 0.6 is 0 Å². The summed E-state index contributed by atoms with van der Waals surface area (Å²) in [6, 6.07) is 2.07. The number of aromatic nitrogens is 1. The molecule has 2 aliphatic carbocycles. The lowest BCUT2D eigenvalue weighted by Gasteiger charge is -2.11. The first-order valence-corrected chi connectivity index (χ1v) is 6.33. The molecule has 2 fully saturated rings. The molecule has 1 aromatic rings. The van der Waals surface area contributed by atoms with Gasteiger partial charge in [0.05, 0.1) is 5.69 Å². The van der Waals surface area contributed by atoms with Crippen LogP contribution in [-0.4, -0.2) is 11.3 Å². The van der Waals surface area contributed by atoms with Crippen LogP contribution in [0.3, 0.4) is 0 Å². The molecular formula is C14H17NO. The van der Waals surface area contributed by atoms with E-state index in [-0.39, 0.29) is 0 Å². The normalized spacial score (nSPS) is 21.2. The number of rotatable bonds is 3. The van der Waals surface area contributed by atoms with E-state index in [1.165, 1.54) is 44.1 Å². The Kier molecular flexibility index (Phi) is 2.50. The molecule has 0 aliphatic heterocycles. The van der Waals surface area contributed by atoms with E-state index in [0.29, 0.717) is 11.8 Å². The summed E-state index contributed by atoms with van der Waals surface area (Å²) in [6.45, 7) is 0. The fraction of sp³-hybridized carbons (Fsp3) is 0.571. The smallest absolute Gasteiger partial charge is 0.151 e. The van der Waals surface area contributed by atoms with E-state index in [1.807, 2.05) is 6.20 Å². The minimum Gasteiger partial charge on any atom is -0.298 e. The van der Waals surface area contributed by atoms with Gasteiger partial charge in [-0.15, -0.1) is 0 Å². The summed E-state index contributed by atoms with van der Waals surface area (Å²) in [6.07, 6.45) is 10.5. The molecule has 1 heterocycles. The Balaban J connectivity index is 1.93. The van der Waals surface area contributed by atoms with Gasteiger partial charge in [0, 0.05) is 17.7 Å². The summed E-state index contributed by atoms with van der Waals surface area (Å²) in [5, 5.41) is 0. The van der Waals surface area contributed by atoms with Gasteiger partial charge < -0.3 is 0 Å². The van der Waals surface area contributed by atoms with E-state index in [9.17, 15) is 4.79 Å². The second kappa shape index (κ2) is 4.00. The molecule has 16 heavy (non-hydrogen) atoms. The summed E-state index contributed by atoms with van der Waals surface area (Å²) >= 11 is 0. The summed E-state index contributed by atoms with van der Waals surface area (Å²) in [7, 11) is 0. The zero-order valence-electron chi connectivity index (χ0n) is 9.48. The number of pyridine rings is 1. The van der Waals surface area contributed by atoms with Crippen molar-refractivity contribution >= 4 is 6.29 Å². The number of carbonyl (C=O) groups is 1. The zero-order chi connectivity index (χ0) is 11.0. The highest BCUT2D eigenvalue weighted by Gasteiger charge is 2.26. The van der Waals surface area contributed by atoms with Crippen molar-refractivity contribution in [2.24, 2.45) is 0 Å². The van der Waals surface area contributed by atoms with E-state index >= 15 is 0 Å². The number of hydrogen-bond donors (Lipinski definition) is 0. The predicted molar refractivity (Wildman–Crippen MR) is 62.8 cm³/mol. The minimum absolute atomic E-state index is 0.536. The van der Waals surface area contributed by atoms with Crippen LogP contribution in [0, 0.1) is 0 Å². The zero-order valence-corrected chi connectivity index (χ0v) is 9.48. The third-order valence-corrected chi connectivity index (χ3v) is 3.89. The van der Waals surface area contributed by atoms with E-state index in [2.05, 4.69) is 11.1 Å². The van der Waals surface area contributed by atoms with Gasteiger partial charge >= 0.3 is 0 Å². The fourth-order valence-electron chi connectivity index (χ4n) is 2.78. The molecule has 0 spiro atoms. The maximum Gasteiger partial charge on any atom is 0.151 e. The number of hydrogen-bond acceptors (Lipinski definition) is 2. The topological polar surface area (TPSA) is 30.0 Å². The van der Waals surface area contributed by atoms with Crippen LogP contribution in [-0.2, 0) is 0 Å². The largest absolute Gasteiger partial charge is 0.298 e. The van der Waals surface area contributed by atoms with Crippen LogP contribution < -0.4 is 0 Å². The number of carbonyl (C=O) groups excluding carboxylic acids is 1. The molecule has 1 aromatic heterocycles. The molecule has 0 N–H and O–H groups in total. The molecule has 0 bridgehead atoms. The van der Waals surface area contributed by atoms with Crippen molar-refractivity contribution in [3.8, 4) is 0 Å². The van der Waals surface area contributed by atoms with Gasteiger partial charge in [-0.2, -0.15) is 0 Å². The molecule has 2 aliphatic rings. The molecule has 3 rings (SSSR count). The van der Waals surface area contributed by atoms with Crippen LogP contribution in [0.5, 0.6) is 0 Å². The summed E-state index contributed by atoms with van der Waals surface area (Å²) < 4.78 is 0. The van der Waals surface area contributed by atoms with Gasteiger partial charge in [-0.25, -0.2) is 0 Å². The first-order chi connectivity index (χ1) is 7.88. The molecule has 84 valence electrons. The lowest BCUT2D eigenvalue weighted by atomic mass is 9.97. The number of aldehydes is 1. The van der Waals surface area contributed by atoms with Gasteiger partial charge in [-0.3, -0.25) is 9.78 Å². The maximum absolute atomic E-state index is 11.1. The Morgan fingerprint density at radius 1 is 1.12 bits per heavy atom. The standard InChI is InChI=1S/C14H17NO/c16-9-13-7-12(10-5-6-10)8-15-14(13)11-3-1-2-4-11/h7-11H,1-6H2. The van der Waals surface area contributed by atoms with Crippen LogP contribution in [0.25, 0.3) is 0 Å². The Hall–Kier alpha value is -1.18. The van der Waals surface area contributed by atoms with E-state index in [1.54, 1.807) is 0 Å². The third kappa shape index (κ3) is 1.77. The highest BCUT2D eigenvalue weighted by atomic mass is 16.1. The van der Waals surface area contributed by atoms with Gasteiger partial charge in [-0.1, -0.05) is 12.8 Å². The fourth-order valence-corrected chi connectivity index (χ4v) is 2.78. The molecule has 2 heteroatoms. The lowest BCUT2D eigenvalue weighted by Crippen LogP contribution is -2.03. The van der Waals surface area contributed by atoms with Crippen molar-refractivity contribution in [2.75, 3.05) is 0 Å². The van der Waals surface area contributed by atoms with Gasteiger partial charge in [0.1, 0.15) is 0 Å². The van der Waals surface area contributed by atoms with Crippen LogP contribution in [0.4, 0.5) is 0 Å². The van der Waals surface area contributed by atoms with Crippen molar-refractivity contribution in [1.29, 1.82) is 0 Å². The maximum atomic E-state index is 11.1. The van der Waals surface area contributed by atoms with Crippen LogP contribution in [0.15, 0.2) is 12.3 Å². The van der Waals surface area contributed by atoms with E-state index in [0.717, 1.165) is 17.5 Å². The predicted octanol–water partition coefficient (Wildman–Crippen LogP) is 3.43. The molecule has 2 nitrogen and oxygen atoms in total. The van der Waals surface area contributed by atoms with Gasteiger partial charge in [0.15, 0.2) is 6.29 Å². The van der Waals surface area contributed by atoms with Gasteiger partial charge in [-0.05, 0) is 43.2 Å². The van der Waals surface area contributed by atoms with Crippen molar-refractivity contribution in [1.82, 2.24) is 4.98 Å². The minimum atomic E-state index is 0.536. The highest BCUT2D eigenvalue weighted by molar-refractivity contribution is 5.77. The van der Waals surface area contributed by atoms with E-state index in [4.69, 9.17) is 0 Å². The van der Waals surface area contributed by atoms with E-state index < -0.39 is 0 Å². The lowest BCUT2D eigenvalue weighted by molar-refractivity contribution is 0.112. The van der Waals surface area contributed by atoms with Gasteiger partial charge in [0.25, 0.3) is 0 Å². The van der Waals surface area contributed by atoms with Crippen molar-refractivity contribution in [3.63, 3.8) is 0 Å². The average molecular weight is 215 g/mol. The van der Waals surface area contributed by atoms with Crippen molar-refractivity contribution in [3.05, 3.63) is 29.1 Å². The second-order valence-electron chi connectivity index (χ2n) is 5.12. The Morgan fingerprint density at radius 2 is 1.88 bits per heavy atom. The summed E-state index contributed by atoms with van der Waals surface area (Å²) in [5.41, 5.74) is 3.16. The monoisotopic (exact) mass is 215 g/mol. The first-order valence-electron chi connectivity index (χ1n) is 6.33. The first kappa shape index (κ1) is 10.0. The van der Waals surface area contributed by atoms with Crippen LogP contribution in [0.1, 0.15) is 72.0 Å². The third-order valence-electron chi connectivity index (χ3n) is 3.89. The van der Waals surface area contributed by atoms with Crippen LogP contribution in [0.2, 0.25) is 0 Å². The molecular weight excluding hydrogens is 198 g/mol. The summed E-state index contributed by atoms with van der Waals surface area (Å²) in [5.74, 6) is 1.22. The average Bonchev–Trinajstić information content (AvgIpc) is 3.04.